The molecule has 1 aromatic rings. The number of hydrogen-bond donors (Lipinski definition) is 1. The molecule has 0 aliphatic carbocycles. The topological polar surface area (TPSA) is 38.7 Å². The Morgan fingerprint density at radius 3 is 2.11 bits per heavy atom. The zero-order valence-electron chi connectivity index (χ0n) is 12.3. The van der Waals surface area contributed by atoms with E-state index in [0.717, 1.165) is 17.5 Å². The highest BCUT2D eigenvalue weighted by atomic mass is 16.7. The number of aliphatic hydroxyl groups is 1. The van der Waals surface area contributed by atoms with Crippen LogP contribution in [0.5, 0.6) is 0 Å². The number of rotatable bonds is 3. The van der Waals surface area contributed by atoms with Gasteiger partial charge in [-0.3, -0.25) is 0 Å². The number of hydrogen-bond acceptors (Lipinski definition) is 3. The summed E-state index contributed by atoms with van der Waals surface area (Å²) in [5.74, 6) is -0.592. The molecule has 19 heavy (non-hydrogen) atoms. The molecule has 0 amide bonds. The third-order valence-electron chi connectivity index (χ3n) is 3.71. The van der Waals surface area contributed by atoms with E-state index in [0.29, 0.717) is 13.2 Å². The fourth-order valence-electron chi connectivity index (χ4n) is 2.45. The van der Waals surface area contributed by atoms with Gasteiger partial charge >= 0.3 is 0 Å². The van der Waals surface area contributed by atoms with E-state index in [2.05, 4.69) is 6.92 Å². The third-order valence-corrected chi connectivity index (χ3v) is 3.71. The highest BCUT2D eigenvalue weighted by Gasteiger charge is 2.36. The Hall–Kier alpha value is -0.900. The zero-order chi connectivity index (χ0) is 14.1. The van der Waals surface area contributed by atoms with Gasteiger partial charge in [-0.1, -0.05) is 52.0 Å². The first-order valence-electron chi connectivity index (χ1n) is 6.95. The maximum atomic E-state index is 10.3. The van der Waals surface area contributed by atoms with E-state index in [1.807, 2.05) is 45.0 Å². The molecular weight excluding hydrogens is 240 g/mol. The van der Waals surface area contributed by atoms with Crippen molar-refractivity contribution in [3.05, 3.63) is 35.4 Å². The molecule has 1 heterocycles. The molecular formula is C16H24O3. The lowest BCUT2D eigenvalue weighted by molar-refractivity contribution is -0.167. The quantitative estimate of drug-likeness (QED) is 0.909. The molecule has 1 unspecified atom stereocenters. The molecule has 0 bridgehead atoms. The molecule has 1 atom stereocenters. The average Bonchev–Trinajstić information content (AvgIpc) is 2.87. The predicted octanol–water partition coefficient (Wildman–Crippen LogP) is 3.38. The van der Waals surface area contributed by atoms with Crippen LogP contribution in [0.15, 0.2) is 24.3 Å². The average molecular weight is 264 g/mol. The molecule has 106 valence electrons. The minimum Gasteiger partial charge on any atom is -0.388 e. The molecule has 1 saturated heterocycles. The lowest BCUT2D eigenvalue weighted by Gasteiger charge is -2.29. The van der Waals surface area contributed by atoms with Gasteiger partial charge in [-0.25, -0.2) is 0 Å². The summed E-state index contributed by atoms with van der Waals surface area (Å²) in [5.41, 5.74) is 1.79. The monoisotopic (exact) mass is 264 g/mol. The Kier molecular flexibility index (Phi) is 4.00. The van der Waals surface area contributed by atoms with Crippen LogP contribution in [0, 0.1) is 5.41 Å². The van der Waals surface area contributed by atoms with Gasteiger partial charge in [-0.2, -0.15) is 0 Å². The van der Waals surface area contributed by atoms with Gasteiger partial charge in [0, 0.05) is 12.0 Å². The summed E-state index contributed by atoms with van der Waals surface area (Å²) in [6.45, 7) is 9.43. The minimum atomic E-state index is -0.592. The first-order valence-corrected chi connectivity index (χ1v) is 6.95. The van der Waals surface area contributed by atoms with Crippen LogP contribution < -0.4 is 0 Å². The Morgan fingerprint density at radius 2 is 1.68 bits per heavy atom. The number of benzene rings is 1. The molecule has 0 spiro atoms. The SMILES string of the molecule is CCC1(c2ccc(C(O)C(C)(C)C)cc2)OCCO1. The zero-order valence-corrected chi connectivity index (χ0v) is 12.3. The van der Waals surface area contributed by atoms with E-state index in [1.54, 1.807) is 0 Å². The van der Waals surface area contributed by atoms with Gasteiger partial charge in [0.1, 0.15) is 0 Å². The van der Waals surface area contributed by atoms with Crippen LogP contribution in [0.1, 0.15) is 51.3 Å². The van der Waals surface area contributed by atoms with Gasteiger partial charge < -0.3 is 14.6 Å². The summed E-state index contributed by atoms with van der Waals surface area (Å²) in [4.78, 5) is 0. The van der Waals surface area contributed by atoms with Crippen LogP contribution in [-0.4, -0.2) is 18.3 Å². The first kappa shape index (κ1) is 14.5. The van der Waals surface area contributed by atoms with Crippen LogP contribution in [0.25, 0.3) is 0 Å². The molecule has 1 aromatic carbocycles. The predicted molar refractivity (Wildman–Crippen MR) is 74.7 cm³/mol. The molecule has 1 aliphatic rings. The Bertz CT molecular complexity index is 411. The minimum absolute atomic E-state index is 0.162. The van der Waals surface area contributed by atoms with Crippen LogP contribution in [0.2, 0.25) is 0 Å². The van der Waals surface area contributed by atoms with Crippen molar-refractivity contribution in [1.82, 2.24) is 0 Å². The van der Waals surface area contributed by atoms with Crippen molar-refractivity contribution in [2.45, 2.75) is 46.0 Å². The van der Waals surface area contributed by atoms with E-state index < -0.39 is 11.9 Å². The molecule has 0 radical (unpaired) electrons. The summed E-state index contributed by atoms with van der Waals surface area (Å²) >= 11 is 0. The van der Waals surface area contributed by atoms with Crippen molar-refractivity contribution >= 4 is 0 Å². The van der Waals surface area contributed by atoms with Crippen LogP contribution in [0.4, 0.5) is 0 Å². The molecule has 1 N–H and O–H groups in total. The highest BCUT2D eigenvalue weighted by Crippen LogP contribution is 2.37. The third kappa shape index (κ3) is 2.83. The lowest BCUT2D eigenvalue weighted by atomic mass is 9.84. The number of aliphatic hydroxyl groups excluding tert-OH is 1. The summed E-state index contributed by atoms with van der Waals surface area (Å²) in [7, 11) is 0. The van der Waals surface area contributed by atoms with Gasteiger partial charge in [0.05, 0.1) is 19.3 Å². The Balaban J connectivity index is 2.23. The number of ether oxygens (including phenoxy) is 2. The van der Waals surface area contributed by atoms with Crippen LogP contribution in [-0.2, 0) is 15.3 Å². The second kappa shape index (κ2) is 5.23. The summed E-state index contributed by atoms with van der Waals surface area (Å²) in [5, 5.41) is 10.3. The van der Waals surface area contributed by atoms with Gasteiger partial charge in [0.2, 0.25) is 0 Å². The smallest absolute Gasteiger partial charge is 0.194 e. The molecule has 3 heteroatoms. The lowest BCUT2D eigenvalue weighted by Crippen LogP contribution is -2.26. The molecule has 1 aliphatic heterocycles. The van der Waals surface area contributed by atoms with E-state index in [1.165, 1.54) is 0 Å². The van der Waals surface area contributed by atoms with Crippen molar-refractivity contribution in [3.8, 4) is 0 Å². The molecule has 1 fully saturated rings. The standard InChI is InChI=1S/C16H24O3/c1-5-16(18-10-11-19-16)13-8-6-12(7-9-13)14(17)15(2,3)4/h6-9,14,17H,5,10-11H2,1-4H3. The van der Waals surface area contributed by atoms with E-state index >= 15 is 0 Å². The van der Waals surface area contributed by atoms with E-state index in [9.17, 15) is 5.11 Å². The second-order valence-electron chi connectivity index (χ2n) is 6.19. The highest BCUT2D eigenvalue weighted by molar-refractivity contribution is 5.28. The van der Waals surface area contributed by atoms with Gasteiger partial charge in [-0.15, -0.1) is 0 Å². The van der Waals surface area contributed by atoms with Crippen molar-refractivity contribution in [2.24, 2.45) is 5.41 Å². The fourth-order valence-corrected chi connectivity index (χ4v) is 2.45. The summed E-state index contributed by atoms with van der Waals surface area (Å²) in [6.07, 6.45) is 0.318. The van der Waals surface area contributed by atoms with E-state index in [4.69, 9.17) is 9.47 Å². The molecule has 0 saturated carbocycles. The summed E-state index contributed by atoms with van der Waals surface area (Å²) < 4.78 is 11.5. The first-order chi connectivity index (χ1) is 8.89. The van der Waals surface area contributed by atoms with E-state index in [-0.39, 0.29) is 5.41 Å². The van der Waals surface area contributed by atoms with Gasteiger partial charge in [0.15, 0.2) is 5.79 Å². The Morgan fingerprint density at radius 1 is 1.16 bits per heavy atom. The second-order valence-corrected chi connectivity index (χ2v) is 6.19. The maximum absolute atomic E-state index is 10.3. The van der Waals surface area contributed by atoms with Crippen LogP contribution >= 0.6 is 0 Å². The maximum Gasteiger partial charge on any atom is 0.194 e. The van der Waals surface area contributed by atoms with Crippen LogP contribution in [0.3, 0.4) is 0 Å². The molecule has 2 rings (SSSR count). The normalized spacial score (nSPS) is 20.5. The largest absolute Gasteiger partial charge is 0.388 e. The van der Waals surface area contributed by atoms with Crippen molar-refractivity contribution in [1.29, 1.82) is 0 Å². The molecule has 3 nitrogen and oxygen atoms in total. The van der Waals surface area contributed by atoms with Gasteiger partial charge in [0.25, 0.3) is 0 Å². The van der Waals surface area contributed by atoms with Crippen molar-refractivity contribution < 1.29 is 14.6 Å². The molecule has 0 aromatic heterocycles. The van der Waals surface area contributed by atoms with Gasteiger partial charge in [-0.05, 0) is 11.0 Å². The summed E-state index contributed by atoms with van der Waals surface area (Å²) in [6, 6.07) is 7.93. The Labute approximate surface area is 115 Å². The van der Waals surface area contributed by atoms with Crippen molar-refractivity contribution in [3.63, 3.8) is 0 Å². The van der Waals surface area contributed by atoms with Crippen molar-refractivity contribution in [2.75, 3.05) is 13.2 Å². The fraction of sp³-hybridized carbons (Fsp3) is 0.625.